The molecule has 0 bridgehead atoms. The van der Waals surface area contributed by atoms with Gasteiger partial charge in [-0.1, -0.05) is 23.7 Å². The first-order valence-corrected chi connectivity index (χ1v) is 7.98. The van der Waals surface area contributed by atoms with Crippen molar-refractivity contribution in [3.8, 4) is 0 Å². The van der Waals surface area contributed by atoms with Gasteiger partial charge in [-0.05, 0) is 44.4 Å². The lowest BCUT2D eigenvalue weighted by Crippen LogP contribution is -2.39. The molecule has 0 aliphatic carbocycles. The Labute approximate surface area is 132 Å². The highest BCUT2D eigenvalue weighted by Crippen LogP contribution is 2.10. The molecule has 0 heterocycles. The molecule has 1 aromatic rings. The van der Waals surface area contributed by atoms with Gasteiger partial charge in [-0.3, -0.25) is 4.99 Å². The molecule has 0 spiro atoms. The van der Waals surface area contributed by atoms with E-state index in [-0.39, 0.29) is 0 Å². The quantitative estimate of drug-likeness (QED) is 0.419. The fourth-order valence-electron chi connectivity index (χ4n) is 1.85. The van der Waals surface area contributed by atoms with Crippen molar-refractivity contribution in [3.05, 3.63) is 34.9 Å². The van der Waals surface area contributed by atoms with Crippen molar-refractivity contribution in [2.24, 2.45) is 4.99 Å². The topological polar surface area (TPSA) is 45.7 Å². The van der Waals surface area contributed by atoms with E-state index in [4.69, 9.17) is 16.3 Å². The van der Waals surface area contributed by atoms with Crippen molar-refractivity contribution in [2.45, 2.75) is 26.7 Å². The third-order valence-electron chi connectivity index (χ3n) is 2.89. The number of guanidine groups is 1. The van der Waals surface area contributed by atoms with Crippen LogP contribution in [-0.2, 0) is 11.2 Å². The molecule has 21 heavy (non-hydrogen) atoms. The third kappa shape index (κ3) is 8.58. The van der Waals surface area contributed by atoms with Crippen LogP contribution in [0.4, 0.5) is 0 Å². The van der Waals surface area contributed by atoms with Gasteiger partial charge >= 0.3 is 0 Å². The number of nitrogens with zero attached hydrogens (tertiary/aromatic N) is 1. The van der Waals surface area contributed by atoms with Gasteiger partial charge in [0.1, 0.15) is 0 Å². The molecule has 0 unspecified atom stereocenters. The van der Waals surface area contributed by atoms with E-state index in [2.05, 4.69) is 34.7 Å². The molecule has 118 valence electrons. The van der Waals surface area contributed by atoms with Crippen LogP contribution in [-0.4, -0.2) is 38.8 Å². The minimum atomic E-state index is 0.700. The molecule has 0 amide bonds. The number of nitrogens with one attached hydrogen (secondary N) is 2. The average Bonchev–Trinajstić information content (AvgIpc) is 2.49. The molecule has 0 aliphatic rings. The highest BCUT2D eigenvalue weighted by atomic mass is 35.5. The van der Waals surface area contributed by atoms with Crippen molar-refractivity contribution in [3.63, 3.8) is 0 Å². The Bertz CT molecular complexity index is 406. The van der Waals surface area contributed by atoms with E-state index in [1.165, 1.54) is 5.56 Å². The summed E-state index contributed by atoms with van der Waals surface area (Å²) in [5.41, 5.74) is 1.30. The first kappa shape index (κ1) is 17.8. The summed E-state index contributed by atoms with van der Waals surface area (Å²) in [7, 11) is 0. The summed E-state index contributed by atoms with van der Waals surface area (Å²) in [6.07, 6.45) is 2.03. The van der Waals surface area contributed by atoms with Gasteiger partial charge in [0.2, 0.25) is 0 Å². The van der Waals surface area contributed by atoms with Gasteiger partial charge in [-0.25, -0.2) is 0 Å². The second-order valence-corrected chi connectivity index (χ2v) is 5.05. The minimum absolute atomic E-state index is 0.700. The first-order chi connectivity index (χ1) is 10.3. The molecule has 0 aliphatic heterocycles. The zero-order valence-corrected chi connectivity index (χ0v) is 13.7. The summed E-state index contributed by atoms with van der Waals surface area (Å²) in [5.74, 6) is 0.855. The summed E-state index contributed by atoms with van der Waals surface area (Å²) in [6, 6.07) is 7.99. The van der Waals surface area contributed by atoms with Crippen molar-refractivity contribution >= 4 is 17.6 Å². The average molecular weight is 312 g/mol. The summed E-state index contributed by atoms with van der Waals surface area (Å²) >= 11 is 5.87. The fraction of sp³-hybridized carbons (Fsp3) is 0.562. The second-order valence-electron chi connectivity index (χ2n) is 4.61. The van der Waals surface area contributed by atoms with E-state index in [0.717, 1.165) is 50.1 Å². The first-order valence-electron chi connectivity index (χ1n) is 7.60. The van der Waals surface area contributed by atoms with Crippen molar-refractivity contribution in [2.75, 3.05) is 32.8 Å². The molecular weight excluding hydrogens is 286 g/mol. The van der Waals surface area contributed by atoms with Crippen LogP contribution in [0.2, 0.25) is 5.02 Å². The highest BCUT2D eigenvalue weighted by molar-refractivity contribution is 6.30. The number of hydrogen-bond donors (Lipinski definition) is 2. The molecule has 4 nitrogen and oxygen atoms in total. The van der Waals surface area contributed by atoms with Crippen LogP contribution < -0.4 is 10.6 Å². The molecule has 1 aromatic carbocycles. The maximum Gasteiger partial charge on any atom is 0.191 e. The number of halogens is 1. The minimum Gasteiger partial charge on any atom is -0.380 e. The molecule has 1 rings (SSSR count). The summed E-state index contributed by atoms with van der Waals surface area (Å²) in [4.78, 5) is 4.56. The predicted octanol–water partition coefficient (Wildman–Crippen LogP) is 2.86. The maximum atomic E-state index is 5.87. The number of ether oxygens (including phenoxy) is 1. The Hall–Kier alpha value is -1.26. The van der Waals surface area contributed by atoms with Crippen LogP contribution in [0.5, 0.6) is 0 Å². The van der Waals surface area contributed by atoms with Crippen LogP contribution in [0.1, 0.15) is 25.8 Å². The molecule has 0 radical (unpaired) electrons. The van der Waals surface area contributed by atoms with E-state index in [9.17, 15) is 0 Å². The number of hydrogen-bond acceptors (Lipinski definition) is 2. The van der Waals surface area contributed by atoms with Crippen LogP contribution in [0, 0.1) is 0 Å². The van der Waals surface area contributed by atoms with Crippen molar-refractivity contribution < 1.29 is 4.74 Å². The van der Waals surface area contributed by atoms with E-state index in [0.29, 0.717) is 6.61 Å². The Morgan fingerprint density at radius 3 is 2.62 bits per heavy atom. The molecule has 0 aromatic heterocycles. The summed E-state index contributed by atoms with van der Waals surface area (Å²) < 4.78 is 5.30. The van der Waals surface area contributed by atoms with Crippen molar-refractivity contribution in [1.29, 1.82) is 0 Å². The summed E-state index contributed by atoms with van der Waals surface area (Å²) in [6.45, 7) is 7.94. The van der Waals surface area contributed by atoms with E-state index < -0.39 is 0 Å². The predicted molar refractivity (Wildman–Crippen MR) is 90.2 cm³/mol. The van der Waals surface area contributed by atoms with E-state index in [1.807, 2.05) is 19.1 Å². The van der Waals surface area contributed by atoms with Gasteiger partial charge in [0, 0.05) is 31.3 Å². The van der Waals surface area contributed by atoms with Gasteiger partial charge in [-0.15, -0.1) is 0 Å². The largest absolute Gasteiger partial charge is 0.380 e. The SMILES string of the molecule is CCNC(=NCCCc1ccc(Cl)cc1)NCCOCC. The maximum absolute atomic E-state index is 5.87. The van der Waals surface area contributed by atoms with Gasteiger partial charge in [0.25, 0.3) is 0 Å². The molecule has 0 fully saturated rings. The lowest BCUT2D eigenvalue weighted by molar-refractivity contribution is 0.152. The zero-order chi connectivity index (χ0) is 15.3. The Kier molecular flexibility index (Phi) is 9.66. The van der Waals surface area contributed by atoms with Gasteiger partial charge < -0.3 is 15.4 Å². The van der Waals surface area contributed by atoms with Gasteiger partial charge in [0.15, 0.2) is 5.96 Å². The Morgan fingerprint density at radius 1 is 1.19 bits per heavy atom. The standard InChI is InChI=1S/C16H26ClN3O/c1-3-18-16(20-12-13-21-4-2)19-11-5-6-14-7-9-15(17)10-8-14/h7-10H,3-6,11-13H2,1-2H3,(H2,18,19,20). The van der Waals surface area contributed by atoms with Gasteiger partial charge in [0.05, 0.1) is 6.61 Å². The number of benzene rings is 1. The van der Waals surface area contributed by atoms with Crippen LogP contribution in [0.3, 0.4) is 0 Å². The molecule has 5 heteroatoms. The Morgan fingerprint density at radius 2 is 1.95 bits per heavy atom. The van der Waals surface area contributed by atoms with E-state index in [1.54, 1.807) is 0 Å². The fourth-order valence-corrected chi connectivity index (χ4v) is 1.98. The Balaban J connectivity index is 2.27. The zero-order valence-electron chi connectivity index (χ0n) is 13.0. The van der Waals surface area contributed by atoms with E-state index >= 15 is 0 Å². The molecule has 0 atom stereocenters. The smallest absolute Gasteiger partial charge is 0.191 e. The highest BCUT2D eigenvalue weighted by Gasteiger charge is 1.97. The molecule has 0 saturated carbocycles. The second kappa shape index (κ2) is 11.4. The van der Waals surface area contributed by atoms with Crippen molar-refractivity contribution in [1.82, 2.24) is 10.6 Å². The third-order valence-corrected chi connectivity index (χ3v) is 3.15. The van der Waals surface area contributed by atoms with Gasteiger partial charge in [-0.2, -0.15) is 0 Å². The number of rotatable bonds is 9. The van der Waals surface area contributed by atoms with Crippen LogP contribution >= 0.6 is 11.6 Å². The summed E-state index contributed by atoms with van der Waals surface area (Å²) in [5, 5.41) is 7.27. The monoisotopic (exact) mass is 311 g/mol. The van der Waals surface area contributed by atoms with Crippen LogP contribution in [0.25, 0.3) is 0 Å². The normalized spacial score (nSPS) is 11.5. The molecular formula is C16H26ClN3O. The molecule has 2 N–H and O–H groups in total. The number of aryl methyl sites for hydroxylation is 1. The lowest BCUT2D eigenvalue weighted by atomic mass is 10.1. The molecule has 0 saturated heterocycles. The number of aliphatic imine (C=N–C) groups is 1. The lowest BCUT2D eigenvalue weighted by Gasteiger charge is -2.11. The van der Waals surface area contributed by atoms with Crippen LogP contribution in [0.15, 0.2) is 29.3 Å².